The lowest BCUT2D eigenvalue weighted by Crippen LogP contribution is -2.34. The van der Waals surface area contributed by atoms with Gasteiger partial charge in [-0.3, -0.25) is 4.79 Å². The predicted molar refractivity (Wildman–Crippen MR) is 109 cm³/mol. The minimum atomic E-state index is -0.652. The first-order valence-electron chi connectivity index (χ1n) is 11.2. The summed E-state index contributed by atoms with van der Waals surface area (Å²) in [5.74, 6) is 0.00655. The van der Waals surface area contributed by atoms with Gasteiger partial charge in [0.1, 0.15) is 6.23 Å². The van der Waals surface area contributed by atoms with E-state index in [0.29, 0.717) is 12.8 Å². The van der Waals surface area contributed by atoms with Crippen LogP contribution >= 0.6 is 0 Å². The summed E-state index contributed by atoms with van der Waals surface area (Å²) >= 11 is 0. The summed E-state index contributed by atoms with van der Waals surface area (Å²) in [6.45, 7) is 4.41. The molecule has 25 heavy (non-hydrogen) atoms. The van der Waals surface area contributed by atoms with E-state index in [1.54, 1.807) is 0 Å². The predicted octanol–water partition coefficient (Wildman–Crippen LogP) is 6.48. The van der Waals surface area contributed by atoms with Crippen molar-refractivity contribution in [1.29, 1.82) is 0 Å². The quantitative estimate of drug-likeness (QED) is 0.206. The Labute approximate surface area is 157 Å². The van der Waals surface area contributed by atoms with Crippen LogP contribution in [0.2, 0.25) is 0 Å². The zero-order valence-corrected chi connectivity index (χ0v) is 17.2. The fourth-order valence-corrected chi connectivity index (χ4v) is 3.22. The van der Waals surface area contributed by atoms with Gasteiger partial charge in [0.15, 0.2) is 0 Å². The largest absolute Gasteiger partial charge is 0.374 e. The van der Waals surface area contributed by atoms with Gasteiger partial charge in [-0.05, 0) is 19.3 Å². The molecule has 0 rings (SSSR count). The highest BCUT2D eigenvalue weighted by atomic mass is 16.3. The van der Waals surface area contributed by atoms with Gasteiger partial charge in [0.2, 0.25) is 5.91 Å². The van der Waals surface area contributed by atoms with Gasteiger partial charge < -0.3 is 10.4 Å². The van der Waals surface area contributed by atoms with Crippen molar-refractivity contribution < 1.29 is 9.90 Å². The van der Waals surface area contributed by atoms with Crippen molar-refractivity contribution in [3.8, 4) is 0 Å². The summed E-state index contributed by atoms with van der Waals surface area (Å²) < 4.78 is 0. The van der Waals surface area contributed by atoms with Gasteiger partial charge in [-0.15, -0.1) is 0 Å². The number of unbranched alkanes of at least 4 members (excludes halogenated alkanes) is 14. The summed E-state index contributed by atoms with van der Waals surface area (Å²) in [5.41, 5.74) is 0. The Kier molecular flexibility index (Phi) is 19.3. The first-order valence-corrected chi connectivity index (χ1v) is 11.2. The normalized spacial score (nSPS) is 12.3. The molecule has 0 aliphatic heterocycles. The zero-order valence-electron chi connectivity index (χ0n) is 17.2. The number of hydrogen-bond donors (Lipinski definition) is 2. The molecule has 150 valence electrons. The highest BCUT2D eigenvalue weighted by Crippen LogP contribution is 2.13. The molecule has 0 heterocycles. The number of aliphatic hydroxyl groups excluding tert-OH is 1. The summed E-state index contributed by atoms with van der Waals surface area (Å²) in [6, 6.07) is 0. The first kappa shape index (κ1) is 24.4. The molecular formula is C22H45NO2. The van der Waals surface area contributed by atoms with Crippen molar-refractivity contribution in [1.82, 2.24) is 5.32 Å². The maximum Gasteiger partial charge on any atom is 0.221 e. The van der Waals surface area contributed by atoms with Crippen molar-refractivity contribution >= 4 is 5.91 Å². The van der Waals surface area contributed by atoms with Crippen molar-refractivity contribution in [2.24, 2.45) is 0 Å². The van der Waals surface area contributed by atoms with E-state index in [-0.39, 0.29) is 5.91 Å². The molecule has 0 fully saturated rings. The minimum absolute atomic E-state index is 0.00655. The summed E-state index contributed by atoms with van der Waals surface area (Å²) in [7, 11) is 0. The second-order valence-corrected chi connectivity index (χ2v) is 7.57. The molecule has 3 heteroatoms. The van der Waals surface area contributed by atoms with Crippen molar-refractivity contribution in [3.63, 3.8) is 0 Å². The van der Waals surface area contributed by atoms with Crippen LogP contribution < -0.4 is 5.32 Å². The van der Waals surface area contributed by atoms with E-state index < -0.39 is 6.23 Å². The lowest BCUT2D eigenvalue weighted by atomic mass is 10.0. The van der Waals surface area contributed by atoms with Crippen LogP contribution in [0.4, 0.5) is 0 Å². The van der Waals surface area contributed by atoms with E-state index in [0.717, 1.165) is 32.1 Å². The van der Waals surface area contributed by atoms with Gasteiger partial charge in [-0.1, -0.05) is 104 Å². The summed E-state index contributed by atoms with van der Waals surface area (Å²) in [6.07, 6.45) is 21.0. The minimum Gasteiger partial charge on any atom is -0.374 e. The van der Waals surface area contributed by atoms with Crippen molar-refractivity contribution in [3.05, 3.63) is 0 Å². The highest BCUT2D eigenvalue weighted by Gasteiger charge is 2.07. The Morgan fingerprint density at radius 1 is 0.680 bits per heavy atom. The van der Waals surface area contributed by atoms with Crippen LogP contribution in [0.1, 0.15) is 129 Å². The molecule has 0 aliphatic carbocycles. The molecule has 0 aromatic rings. The molecular weight excluding hydrogens is 310 g/mol. The Morgan fingerprint density at radius 3 is 1.56 bits per heavy atom. The number of carbonyl (C=O) groups is 1. The van der Waals surface area contributed by atoms with Gasteiger partial charge >= 0.3 is 0 Å². The van der Waals surface area contributed by atoms with Gasteiger partial charge in [-0.2, -0.15) is 0 Å². The lowest BCUT2D eigenvalue weighted by Gasteiger charge is -2.12. The van der Waals surface area contributed by atoms with E-state index >= 15 is 0 Å². The number of nitrogens with one attached hydrogen (secondary N) is 1. The van der Waals surface area contributed by atoms with Crippen LogP contribution in [-0.2, 0) is 4.79 Å². The fraction of sp³-hybridized carbons (Fsp3) is 0.955. The second-order valence-electron chi connectivity index (χ2n) is 7.57. The average molecular weight is 356 g/mol. The van der Waals surface area contributed by atoms with Crippen LogP contribution in [0.15, 0.2) is 0 Å². The molecule has 0 saturated carbocycles. The van der Waals surface area contributed by atoms with E-state index in [1.165, 1.54) is 70.6 Å². The van der Waals surface area contributed by atoms with E-state index in [4.69, 9.17) is 0 Å². The third kappa shape index (κ3) is 19.6. The third-order valence-electron chi connectivity index (χ3n) is 4.92. The molecule has 0 aliphatic rings. The molecule has 0 radical (unpaired) electrons. The van der Waals surface area contributed by atoms with Crippen LogP contribution in [-0.4, -0.2) is 17.2 Å². The first-order chi connectivity index (χ1) is 12.2. The molecule has 0 aromatic heterocycles. The monoisotopic (exact) mass is 355 g/mol. The van der Waals surface area contributed by atoms with Crippen molar-refractivity contribution in [2.45, 2.75) is 136 Å². The number of amides is 1. The number of aliphatic hydroxyl groups is 1. The van der Waals surface area contributed by atoms with Crippen LogP contribution in [0.5, 0.6) is 0 Å². The fourth-order valence-electron chi connectivity index (χ4n) is 3.22. The van der Waals surface area contributed by atoms with E-state index in [2.05, 4.69) is 19.2 Å². The molecule has 0 spiro atoms. The summed E-state index contributed by atoms with van der Waals surface area (Å²) in [4.78, 5) is 11.7. The Hall–Kier alpha value is -0.570. The SMILES string of the molecule is CCCCCCCCCCCCCCCC(=O)NC(O)CCCCC. The van der Waals surface area contributed by atoms with Gasteiger partial charge in [-0.25, -0.2) is 0 Å². The smallest absolute Gasteiger partial charge is 0.221 e. The Balaban J connectivity index is 3.23. The molecule has 0 aromatic carbocycles. The summed E-state index contributed by atoms with van der Waals surface area (Å²) in [5, 5.41) is 12.4. The van der Waals surface area contributed by atoms with Gasteiger partial charge in [0, 0.05) is 6.42 Å². The van der Waals surface area contributed by atoms with Crippen LogP contribution in [0.25, 0.3) is 0 Å². The average Bonchev–Trinajstić information content (AvgIpc) is 2.59. The molecule has 1 atom stereocenters. The lowest BCUT2D eigenvalue weighted by molar-refractivity contribution is -0.124. The highest BCUT2D eigenvalue weighted by molar-refractivity contribution is 5.75. The topological polar surface area (TPSA) is 49.3 Å². The van der Waals surface area contributed by atoms with Gasteiger partial charge in [0.25, 0.3) is 0 Å². The molecule has 1 unspecified atom stereocenters. The maximum absolute atomic E-state index is 11.7. The van der Waals surface area contributed by atoms with Crippen LogP contribution in [0.3, 0.4) is 0 Å². The van der Waals surface area contributed by atoms with Crippen LogP contribution in [0, 0.1) is 0 Å². The Morgan fingerprint density at radius 2 is 1.08 bits per heavy atom. The standard InChI is InChI=1S/C22H45NO2/c1-3-5-7-8-9-10-11-12-13-14-15-16-18-20-22(25)23-21(24)19-17-6-4-2/h21,24H,3-20H2,1-2H3,(H,23,25). The maximum atomic E-state index is 11.7. The number of hydrogen-bond acceptors (Lipinski definition) is 2. The zero-order chi connectivity index (χ0) is 18.6. The molecule has 1 amide bonds. The number of carbonyl (C=O) groups excluding carboxylic acids is 1. The number of rotatable bonds is 19. The van der Waals surface area contributed by atoms with E-state index in [1.807, 2.05) is 0 Å². The molecule has 0 bridgehead atoms. The van der Waals surface area contributed by atoms with Crippen molar-refractivity contribution in [2.75, 3.05) is 0 Å². The molecule has 0 saturated heterocycles. The van der Waals surface area contributed by atoms with Gasteiger partial charge in [0.05, 0.1) is 0 Å². The Bertz CT molecular complexity index is 281. The second kappa shape index (κ2) is 19.8. The molecule has 2 N–H and O–H groups in total. The third-order valence-corrected chi connectivity index (χ3v) is 4.92. The van der Waals surface area contributed by atoms with E-state index in [9.17, 15) is 9.90 Å². The molecule has 3 nitrogen and oxygen atoms in total.